The van der Waals surface area contributed by atoms with Gasteiger partial charge in [0.15, 0.2) is 0 Å². The summed E-state index contributed by atoms with van der Waals surface area (Å²) in [7, 11) is 0. The fourth-order valence-corrected chi connectivity index (χ4v) is 3.29. The van der Waals surface area contributed by atoms with E-state index in [9.17, 15) is 14.0 Å². The van der Waals surface area contributed by atoms with Gasteiger partial charge in [0.1, 0.15) is 5.82 Å². The Bertz CT molecular complexity index is 816. The number of carbonyl (C=O) groups excluding carboxylic acids is 2. The van der Waals surface area contributed by atoms with Crippen molar-refractivity contribution in [3.63, 3.8) is 0 Å². The van der Waals surface area contributed by atoms with E-state index in [0.29, 0.717) is 12.0 Å². The number of hydrazine groups is 1. The van der Waals surface area contributed by atoms with Crippen molar-refractivity contribution < 1.29 is 14.0 Å². The summed E-state index contributed by atoms with van der Waals surface area (Å²) in [6.45, 7) is 2.03. The van der Waals surface area contributed by atoms with Gasteiger partial charge in [0.25, 0.3) is 5.91 Å². The average molecular weight is 352 g/mol. The number of carbonyl (C=O) groups is 2. The number of amides is 2. The van der Waals surface area contributed by atoms with Gasteiger partial charge in [-0.1, -0.05) is 42.0 Å². The molecule has 2 amide bonds. The van der Waals surface area contributed by atoms with Crippen LogP contribution in [0.1, 0.15) is 41.6 Å². The van der Waals surface area contributed by atoms with E-state index in [1.165, 1.54) is 17.7 Å². The maximum Gasteiger partial charge on any atom is 0.269 e. The minimum atomic E-state index is -0.361. The molecule has 2 aromatic carbocycles. The van der Waals surface area contributed by atoms with Crippen LogP contribution in [0.4, 0.5) is 4.39 Å². The summed E-state index contributed by atoms with van der Waals surface area (Å²) >= 11 is 0. The number of nitrogens with one attached hydrogen (secondary N) is 2. The zero-order chi connectivity index (χ0) is 18.5. The van der Waals surface area contributed by atoms with E-state index in [1.807, 2.05) is 19.1 Å². The second-order valence-electron chi connectivity index (χ2n) is 6.56. The Morgan fingerprint density at radius 1 is 1.00 bits per heavy atom. The fraction of sp³-hybridized carbons (Fsp3) is 0.238. The van der Waals surface area contributed by atoms with Crippen molar-refractivity contribution in [2.75, 3.05) is 0 Å². The number of hydrogen-bond donors (Lipinski definition) is 2. The molecule has 2 N–H and O–H groups in total. The van der Waals surface area contributed by atoms with E-state index < -0.39 is 0 Å². The van der Waals surface area contributed by atoms with Gasteiger partial charge in [-0.25, -0.2) is 4.39 Å². The zero-order valence-electron chi connectivity index (χ0n) is 14.5. The monoisotopic (exact) mass is 352 g/mol. The van der Waals surface area contributed by atoms with Gasteiger partial charge in [0.2, 0.25) is 5.91 Å². The van der Waals surface area contributed by atoms with E-state index in [0.717, 1.165) is 12.0 Å². The summed E-state index contributed by atoms with van der Waals surface area (Å²) in [6, 6.07) is 15.0. The van der Waals surface area contributed by atoms with Gasteiger partial charge in [-0.15, -0.1) is 0 Å². The number of halogens is 1. The Hall–Kier alpha value is -2.95. The quantitative estimate of drug-likeness (QED) is 0.653. The van der Waals surface area contributed by atoms with Gasteiger partial charge in [-0.05, 0) is 55.5 Å². The third-order valence-electron chi connectivity index (χ3n) is 4.72. The molecule has 0 aliphatic heterocycles. The summed E-state index contributed by atoms with van der Waals surface area (Å²) in [5.41, 5.74) is 7.61. The smallest absolute Gasteiger partial charge is 0.269 e. The van der Waals surface area contributed by atoms with Gasteiger partial charge in [-0.2, -0.15) is 0 Å². The Kier molecular flexibility index (Phi) is 5.46. The van der Waals surface area contributed by atoms with Crippen molar-refractivity contribution >= 4 is 11.8 Å². The summed E-state index contributed by atoms with van der Waals surface area (Å²) in [5.74, 6) is -1.27. The van der Waals surface area contributed by atoms with Gasteiger partial charge in [0.05, 0.1) is 5.92 Å². The molecule has 1 aliphatic carbocycles. The number of allylic oxidation sites excluding steroid dienone is 2. The highest BCUT2D eigenvalue weighted by Gasteiger charge is 2.32. The largest absolute Gasteiger partial charge is 0.273 e. The normalized spacial score (nSPS) is 19.4. The summed E-state index contributed by atoms with van der Waals surface area (Å²) in [5, 5.41) is 0. The summed E-state index contributed by atoms with van der Waals surface area (Å²) in [6.07, 6.45) is 3.36. The molecule has 26 heavy (non-hydrogen) atoms. The lowest BCUT2D eigenvalue weighted by Crippen LogP contribution is -2.46. The molecule has 0 heterocycles. The molecular formula is C21H21FN2O2. The van der Waals surface area contributed by atoms with Crippen molar-refractivity contribution in [3.05, 3.63) is 83.2 Å². The molecule has 0 saturated heterocycles. The Labute approximate surface area is 152 Å². The molecule has 1 aliphatic rings. The molecule has 0 spiro atoms. The molecule has 2 aromatic rings. The van der Waals surface area contributed by atoms with Crippen LogP contribution in [0.2, 0.25) is 0 Å². The first-order valence-corrected chi connectivity index (χ1v) is 8.61. The molecule has 5 heteroatoms. The van der Waals surface area contributed by atoms with Gasteiger partial charge < -0.3 is 0 Å². The number of rotatable bonds is 3. The Balaban J connectivity index is 1.69. The van der Waals surface area contributed by atoms with Gasteiger partial charge >= 0.3 is 0 Å². The molecule has 0 radical (unpaired) electrons. The minimum Gasteiger partial charge on any atom is -0.273 e. The van der Waals surface area contributed by atoms with E-state index in [1.54, 1.807) is 36.4 Å². The first kappa shape index (κ1) is 17.9. The molecule has 0 aromatic heterocycles. The maximum absolute atomic E-state index is 13.2. The number of hydrogen-bond acceptors (Lipinski definition) is 2. The summed E-state index contributed by atoms with van der Waals surface area (Å²) < 4.78 is 13.2. The highest BCUT2D eigenvalue weighted by Crippen LogP contribution is 2.37. The van der Waals surface area contributed by atoms with Crippen molar-refractivity contribution in [2.45, 2.75) is 25.7 Å². The highest BCUT2D eigenvalue weighted by molar-refractivity contribution is 5.95. The molecule has 0 saturated carbocycles. The van der Waals surface area contributed by atoms with Crippen LogP contribution in [0.3, 0.4) is 0 Å². The second kappa shape index (κ2) is 7.95. The molecule has 4 nitrogen and oxygen atoms in total. The minimum absolute atomic E-state index is 0.0470. The standard InChI is InChI=1S/C21H21FN2O2/c1-14-7-12-18(19(13-14)15-8-10-17(22)11-9-15)21(26)24-23-20(25)16-5-3-2-4-6-16/h2-11,18-19H,12-13H2,1H3,(H,23,25)(H,24,26)/t18-,19+/m0/s1. The molecular weight excluding hydrogens is 331 g/mol. The topological polar surface area (TPSA) is 58.2 Å². The molecule has 0 bridgehead atoms. The van der Waals surface area contributed by atoms with Crippen LogP contribution < -0.4 is 10.9 Å². The predicted octanol–water partition coefficient (Wildman–Crippen LogP) is 3.73. The van der Waals surface area contributed by atoms with Crippen LogP contribution in [0.15, 0.2) is 66.2 Å². The third kappa shape index (κ3) is 4.17. The van der Waals surface area contributed by atoms with Crippen LogP contribution in [-0.2, 0) is 4.79 Å². The zero-order valence-corrected chi connectivity index (χ0v) is 14.5. The third-order valence-corrected chi connectivity index (χ3v) is 4.72. The lowest BCUT2D eigenvalue weighted by molar-refractivity contribution is -0.126. The SMILES string of the molecule is CC1=CC[C@H](C(=O)NNC(=O)c2ccccc2)[C@@H](c2ccc(F)cc2)C1. The van der Waals surface area contributed by atoms with Crippen molar-refractivity contribution in [1.82, 2.24) is 10.9 Å². The van der Waals surface area contributed by atoms with Crippen LogP contribution in [0, 0.1) is 11.7 Å². The lowest BCUT2D eigenvalue weighted by atomic mass is 9.75. The van der Waals surface area contributed by atoms with Crippen LogP contribution >= 0.6 is 0 Å². The molecule has 2 atom stereocenters. The van der Waals surface area contributed by atoms with Crippen LogP contribution in [0.25, 0.3) is 0 Å². The van der Waals surface area contributed by atoms with Crippen molar-refractivity contribution in [2.24, 2.45) is 5.92 Å². The van der Waals surface area contributed by atoms with Gasteiger partial charge in [-0.3, -0.25) is 20.4 Å². The lowest BCUT2D eigenvalue weighted by Gasteiger charge is -2.30. The van der Waals surface area contributed by atoms with Crippen LogP contribution in [-0.4, -0.2) is 11.8 Å². The molecule has 0 unspecified atom stereocenters. The Morgan fingerprint density at radius 2 is 1.69 bits per heavy atom. The van der Waals surface area contributed by atoms with Crippen molar-refractivity contribution in [3.8, 4) is 0 Å². The average Bonchev–Trinajstić information content (AvgIpc) is 2.67. The molecule has 134 valence electrons. The first-order valence-electron chi connectivity index (χ1n) is 8.61. The predicted molar refractivity (Wildman–Crippen MR) is 97.7 cm³/mol. The fourth-order valence-electron chi connectivity index (χ4n) is 3.29. The van der Waals surface area contributed by atoms with E-state index in [-0.39, 0.29) is 29.5 Å². The summed E-state index contributed by atoms with van der Waals surface area (Å²) in [4.78, 5) is 24.8. The maximum atomic E-state index is 13.2. The van der Waals surface area contributed by atoms with E-state index in [4.69, 9.17) is 0 Å². The first-order chi connectivity index (χ1) is 12.5. The van der Waals surface area contributed by atoms with E-state index in [2.05, 4.69) is 10.9 Å². The van der Waals surface area contributed by atoms with Crippen molar-refractivity contribution in [1.29, 1.82) is 0 Å². The molecule has 0 fully saturated rings. The second-order valence-corrected chi connectivity index (χ2v) is 6.56. The molecule has 3 rings (SSSR count). The van der Waals surface area contributed by atoms with E-state index >= 15 is 0 Å². The highest BCUT2D eigenvalue weighted by atomic mass is 19.1. The Morgan fingerprint density at radius 3 is 2.38 bits per heavy atom. The number of benzene rings is 2. The van der Waals surface area contributed by atoms with Crippen LogP contribution in [0.5, 0.6) is 0 Å². The van der Waals surface area contributed by atoms with Gasteiger partial charge in [0, 0.05) is 5.56 Å².